The Bertz CT molecular complexity index is 473. The fourth-order valence-electron chi connectivity index (χ4n) is 2.53. The summed E-state index contributed by atoms with van der Waals surface area (Å²) in [5, 5.41) is 0. The molecule has 0 amide bonds. The fourth-order valence-corrected chi connectivity index (χ4v) is 2.53. The highest BCUT2D eigenvalue weighted by Crippen LogP contribution is 2.50. The first-order valence-electron chi connectivity index (χ1n) is 6.25. The van der Waals surface area contributed by atoms with Gasteiger partial charge in [-0.05, 0) is 55.9 Å². The summed E-state index contributed by atoms with van der Waals surface area (Å²) >= 11 is 0. The molecule has 98 valence electrons. The van der Waals surface area contributed by atoms with E-state index in [-0.39, 0.29) is 11.4 Å². The Labute approximate surface area is 108 Å². The summed E-state index contributed by atoms with van der Waals surface area (Å²) in [6.45, 7) is 4.12. The first-order valence-corrected chi connectivity index (χ1v) is 6.25. The van der Waals surface area contributed by atoms with E-state index in [1.807, 2.05) is 13.0 Å². The van der Waals surface area contributed by atoms with E-state index < -0.39 is 0 Å². The highest BCUT2D eigenvalue weighted by atomic mass is 16.5. The number of ether oxygens (including phenoxy) is 2. The van der Waals surface area contributed by atoms with Crippen molar-refractivity contribution in [3.8, 4) is 5.75 Å². The summed E-state index contributed by atoms with van der Waals surface area (Å²) < 4.78 is 10.3. The summed E-state index contributed by atoms with van der Waals surface area (Å²) in [7, 11) is 3.14. The number of aryl methyl sites for hydroxylation is 2. The molecule has 1 aromatic carbocycles. The van der Waals surface area contributed by atoms with Crippen molar-refractivity contribution in [2.24, 2.45) is 5.41 Å². The molecular weight excluding hydrogens is 228 g/mol. The minimum atomic E-state index is -0.304. The van der Waals surface area contributed by atoms with Gasteiger partial charge in [-0.2, -0.15) is 0 Å². The third kappa shape index (κ3) is 2.22. The van der Waals surface area contributed by atoms with Crippen LogP contribution in [-0.4, -0.2) is 20.2 Å². The van der Waals surface area contributed by atoms with Crippen LogP contribution in [0.3, 0.4) is 0 Å². The van der Waals surface area contributed by atoms with Crippen molar-refractivity contribution in [1.29, 1.82) is 0 Å². The maximum absolute atomic E-state index is 11.8. The van der Waals surface area contributed by atoms with Crippen molar-refractivity contribution < 1.29 is 14.3 Å². The van der Waals surface area contributed by atoms with Crippen molar-refractivity contribution in [3.63, 3.8) is 0 Å². The molecule has 18 heavy (non-hydrogen) atoms. The van der Waals surface area contributed by atoms with Gasteiger partial charge in [0.05, 0.1) is 19.6 Å². The Balaban J connectivity index is 2.32. The zero-order valence-corrected chi connectivity index (χ0v) is 11.5. The van der Waals surface area contributed by atoms with Crippen LogP contribution in [-0.2, 0) is 16.0 Å². The molecule has 1 aliphatic rings. The molecule has 1 aromatic rings. The molecule has 2 rings (SSSR count). The van der Waals surface area contributed by atoms with E-state index >= 15 is 0 Å². The molecular formula is C15H20O3. The van der Waals surface area contributed by atoms with Gasteiger partial charge in [-0.15, -0.1) is 0 Å². The molecule has 1 fully saturated rings. The third-order valence-corrected chi connectivity index (χ3v) is 3.78. The maximum atomic E-state index is 11.8. The summed E-state index contributed by atoms with van der Waals surface area (Å²) in [5.41, 5.74) is 3.19. The molecule has 3 heteroatoms. The number of methoxy groups -OCH3 is 2. The van der Waals surface area contributed by atoms with Crippen molar-refractivity contribution in [1.82, 2.24) is 0 Å². The van der Waals surface area contributed by atoms with Crippen molar-refractivity contribution in [2.45, 2.75) is 33.1 Å². The molecule has 0 bridgehead atoms. The minimum Gasteiger partial charge on any atom is -0.496 e. The van der Waals surface area contributed by atoms with E-state index in [9.17, 15) is 4.79 Å². The van der Waals surface area contributed by atoms with Crippen molar-refractivity contribution in [2.75, 3.05) is 14.2 Å². The lowest BCUT2D eigenvalue weighted by atomic mass is 9.92. The first kappa shape index (κ1) is 12.9. The van der Waals surface area contributed by atoms with Crippen LogP contribution in [0.2, 0.25) is 0 Å². The minimum absolute atomic E-state index is 0.0930. The van der Waals surface area contributed by atoms with E-state index in [1.165, 1.54) is 18.2 Å². The zero-order valence-electron chi connectivity index (χ0n) is 11.5. The summed E-state index contributed by atoms with van der Waals surface area (Å²) in [4.78, 5) is 11.8. The Hall–Kier alpha value is -1.51. The van der Waals surface area contributed by atoms with Crippen LogP contribution in [0.4, 0.5) is 0 Å². The van der Waals surface area contributed by atoms with E-state index in [0.717, 1.165) is 30.6 Å². The quantitative estimate of drug-likeness (QED) is 0.769. The number of carbonyl (C=O) groups is 1. The lowest BCUT2D eigenvalue weighted by Gasteiger charge is -2.17. The second-order valence-corrected chi connectivity index (χ2v) is 5.21. The molecule has 3 nitrogen and oxygen atoms in total. The summed E-state index contributed by atoms with van der Waals surface area (Å²) in [6, 6.07) is 4.15. The molecule has 0 N–H and O–H groups in total. The monoisotopic (exact) mass is 248 g/mol. The predicted octanol–water partition coefficient (Wildman–Crippen LogP) is 2.81. The van der Waals surface area contributed by atoms with Crippen LogP contribution in [0.25, 0.3) is 0 Å². The molecule has 0 aromatic heterocycles. The smallest absolute Gasteiger partial charge is 0.312 e. The Morgan fingerprint density at radius 1 is 1.28 bits per heavy atom. The highest BCUT2D eigenvalue weighted by Gasteiger charge is 2.51. The number of hydrogen-bond acceptors (Lipinski definition) is 3. The second kappa shape index (κ2) is 4.63. The average molecular weight is 248 g/mol. The lowest BCUT2D eigenvalue weighted by molar-refractivity contribution is -0.147. The zero-order chi connectivity index (χ0) is 13.3. The topological polar surface area (TPSA) is 35.5 Å². The highest BCUT2D eigenvalue weighted by molar-refractivity contribution is 5.80. The van der Waals surface area contributed by atoms with Gasteiger partial charge in [0.15, 0.2) is 0 Å². The Morgan fingerprint density at radius 3 is 2.44 bits per heavy atom. The van der Waals surface area contributed by atoms with E-state index in [1.54, 1.807) is 7.11 Å². The van der Waals surface area contributed by atoms with E-state index in [2.05, 4.69) is 13.0 Å². The van der Waals surface area contributed by atoms with Gasteiger partial charge in [0.25, 0.3) is 0 Å². The molecule has 1 saturated carbocycles. The van der Waals surface area contributed by atoms with Crippen molar-refractivity contribution in [3.05, 3.63) is 28.8 Å². The maximum Gasteiger partial charge on any atom is 0.312 e. The van der Waals surface area contributed by atoms with E-state index in [0.29, 0.717) is 0 Å². The predicted molar refractivity (Wildman–Crippen MR) is 69.9 cm³/mol. The number of rotatable bonds is 4. The van der Waals surface area contributed by atoms with Gasteiger partial charge in [-0.25, -0.2) is 0 Å². The van der Waals surface area contributed by atoms with Crippen LogP contribution in [0.5, 0.6) is 5.75 Å². The van der Waals surface area contributed by atoms with Crippen LogP contribution < -0.4 is 4.74 Å². The van der Waals surface area contributed by atoms with Gasteiger partial charge in [0.2, 0.25) is 0 Å². The molecule has 0 radical (unpaired) electrons. The molecule has 1 aliphatic carbocycles. The number of hydrogen-bond donors (Lipinski definition) is 0. The number of esters is 1. The van der Waals surface area contributed by atoms with Crippen LogP contribution >= 0.6 is 0 Å². The molecule has 0 atom stereocenters. The molecule has 0 spiro atoms. The first-order chi connectivity index (χ1) is 8.52. The summed E-state index contributed by atoms with van der Waals surface area (Å²) in [5.74, 6) is 0.784. The van der Waals surface area contributed by atoms with Gasteiger partial charge in [-0.3, -0.25) is 4.79 Å². The molecule has 0 saturated heterocycles. The number of benzene rings is 1. The van der Waals surface area contributed by atoms with E-state index in [4.69, 9.17) is 9.47 Å². The average Bonchev–Trinajstić information content (AvgIpc) is 3.12. The largest absolute Gasteiger partial charge is 0.496 e. The standard InChI is InChI=1S/C15H20O3/c1-10-7-11(2)12(13(8-10)17-3)9-15(5-6-15)14(16)18-4/h7-8H,5-6,9H2,1-4H3. The lowest BCUT2D eigenvalue weighted by Crippen LogP contribution is -2.20. The normalized spacial score (nSPS) is 16.2. The SMILES string of the molecule is COC(=O)C1(Cc2c(C)cc(C)cc2OC)CC1. The summed E-state index contributed by atoms with van der Waals surface area (Å²) in [6.07, 6.45) is 2.54. The van der Waals surface area contributed by atoms with Gasteiger partial charge < -0.3 is 9.47 Å². The van der Waals surface area contributed by atoms with Gasteiger partial charge in [-0.1, -0.05) is 6.07 Å². The molecule has 0 unspecified atom stereocenters. The van der Waals surface area contributed by atoms with Crippen LogP contribution in [0, 0.1) is 19.3 Å². The molecule has 0 aliphatic heterocycles. The van der Waals surface area contributed by atoms with Gasteiger partial charge in [0, 0.05) is 0 Å². The third-order valence-electron chi connectivity index (χ3n) is 3.78. The van der Waals surface area contributed by atoms with Gasteiger partial charge >= 0.3 is 5.97 Å². The second-order valence-electron chi connectivity index (χ2n) is 5.21. The van der Waals surface area contributed by atoms with Crippen LogP contribution in [0.15, 0.2) is 12.1 Å². The molecule has 0 heterocycles. The van der Waals surface area contributed by atoms with Crippen molar-refractivity contribution >= 4 is 5.97 Å². The number of carbonyl (C=O) groups excluding carboxylic acids is 1. The van der Waals surface area contributed by atoms with Crippen LogP contribution in [0.1, 0.15) is 29.5 Å². The fraction of sp³-hybridized carbons (Fsp3) is 0.533. The Morgan fingerprint density at radius 2 is 1.94 bits per heavy atom. The van der Waals surface area contributed by atoms with Gasteiger partial charge in [0.1, 0.15) is 5.75 Å². The Kier molecular flexibility index (Phi) is 3.33.